The first-order valence-corrected chi connectivity index (χ1v) is 10.6. The van der Waals surface area contributed by atoms with E-state index in [1.807, 2.05) is 0 Å². The van der Waals surface area contributed by atoms with Crippen molar-refractivity contribution in [3.05, 3.63) is 35.4 Å². The highest BCUT2D eigenvalue weighted by atomic mass is 16.2. The molecule has 1 heterocycles. The number of carbonyl (C=O) groups is 3. The van der Waals surface area contributed by atoms with Gasteiger partial charge in [0, 0.05) is 31.0 Å². The van der Waals surface area contributed by atoms with E-state index < -0.39 is 6.04 Å². The second kappa shape index (κ2) is 12.3. The molecule has 163 valence electrons. The molecule has 1 aromatic rings. The lowest BCUT2D eigenvalue weighted by Crippen LogP contribution is -2.49. The minimum absolute atomic E-state index is 0.00141. The summed E-state index contributed by atoms with van der Waals surface area (Å²) in [4.78, 5) is 38.4. The molecule has 1 aliphatic rings. The minimum Gasteiger partial charge on any atom is -0.452 e. The van der Waals surface area contributed by atoms with Crippen molar-refractivity contribution in [2.45, 2.75) is 64.0 Å². The first-order chi connectivity index (χ1) is 14.5. The topological polar surface area (TPSA) is 125 Å². The van der Waals surface area contributed by atoms with E-state index in [-0.39, 0.29) is 23.7 Å². The molecular weight excluding hydrogens is 383 g/mol. The lowest BCUT2D eigenvalue weighted by atomic mass is 9.86. The summed E-state index contributed by atoms with van der Waals surface area (Å²) in [5.41, 5.74) is 6.77. The van der Waals surface area contributed by atoms with E-state index in [1.165, 1.54) is 0 Å². The number of amides is 3. The highest BCUT2D eigenvalue weighted by molar-refractivity contribution is 6.28. The van der Waals surface area contributed by atoms with Crippen LogP contribution in [-0.4, -0.2) is 60.2 Å². The predicted octanol–water partition coefficient (Wildman–Crippen LogP) is 0.500. The molecule has 8 nitrogen and oxygen atoms in total. The smallest absolute Gasteiger partial charge is 0.312 e. The Hall–Kier alpha value is -2.39. The number of benzene rings is 1. The predicted molar refractivity (Wildman–Crippen MR) is 115 cm³/mol. The van der Waals surface area contributed by atoms with Gasteiger partial charge in [0.2, 0.25) is 11.8 Å². The third-order valence-corrected chi connectivity index (χ3v) is 5.29. The quantitative estimate of drug-likeness (QED) is 0.310. The van der Waals surface area contributed by atoms with Gasteiger partial charge < -0.3 is 26.3 Å². The van der Waals surface area contributed by atoms with Gasteiger partial charge in [-0.2, -0.15) is 0 Å². The van der Waals surface area contributed by atoms with Gasteiger partial charge in [0.15, 0.2) is 0 Å². The molecule has 0 aromatic heterocycles. The van der Waals surface area contributed by atoms with Crippen LogP contribution in [0.1, 0.15) is 61.4 Å². The van der Waals surface area contributed by atoms with E-state index in [4.69, 9.17) is 5.73 Å². The van der Waals surface area contributed by atoms with Gasteiger partial charge in [-0.1, -0.05) is 18.6 Å². The SMILES string of the molecule is CC(NC(=O)c1ccc(CNC(=O)CCCCCN)cc1)C(=O)N1CCCC1[B]O. The number of nitrogens with two attached hydrogens (primary N) is 1. The minimum atomic E-state index is -0.684. The monoisotopic (exact) mass is 415 g/mol. The number of hydrogen-bond donors (Lipinski definition) is 4. The Kier molecular flexibility index (Phi) is 9.83. The average Bonchev–Trinajstić information content (AvgIpc) is 3.23. The molecular formula is C21H32BN4O4. The molecule has 1 aliphatic heterocycles. The molecule has 2 atom stereocenters. The largest absolute Gasteiger partial charge is 0.452 e. The molecule has 0 bridgehead atoms. The van der Waals surface area contributed by atoms with Crippen molar-refractivity contribution in [1.29, 1.82) is 0 Å². The van der Waals surface area contributed by atoms with Crippen LogP contribution in [0.3, 0.4) is 0 Å². The number of rotatable bonds is 11. The van der Waals surface area contributed by atoms with Gasteiger partial charge in [-0.3, -0.25) is 14.4 Å². The molecule has 3 amide bonds. The molecule has 0 spiro atoms. The van der Waals surface area contributed by atoms with Crippen LogP contribution < -0.4 is 16.4 Å². The molecule has 5 N–H and O–H groups in total. The van der Waals surface area contributed by atoms with E-state index in [0.29, 0.717) is 31.6 Å². The Morgan fingerprint density at radius 1 is 1.23 bits per heavy atom. The maximum Gasteiger partial charge on any atom is 0.312 e. The second-order valence-corrected chi connectivity index (χ2v) is 7.66. The molecule has 2 unspecified atom stereocenters. The lowest BCUT2D eigenvalue weighted by molar-refractivity contribution is -0.132. The van der Waals surface area contributed by atoms with Gasteiger partial charge in [0.1, 0.15) is 6.04 Å². The van der Waals surface area contributed by atoms with Gasteiger partial charge in [0.25, 0.3) is 5.91 Å². The van der Waals surface area contributed by atoms with Crippen molar-refractivity contribution < 1.29 is 19.4 Å². The summed E-state index contributed by atoms with van der Waals surface area (Å²) in [5, 5.41) is 14.8. The van der Waals surface area contributed by atoms with Crippen LogP contribution in [0.5, 0.6) is 0 Å². The first kappa shape index (κ1) is 23.9. The molecule has 1 saturated heterocycles. The van der Waals surface area contributed by atoms with Crippen LogP contribution in [0.2, 0.25) is 0 Å². The van der Waals surface area contributed by atoms with E-state index in [1.54, 1.807) is 36.1 Å². The average molecular weight is 415 g/mol. The van der Waals surface area contributed by atoms with Crippen LogP contribution in [0.4, 0.5) is 0 Å². The number of carbonyl (C=O) groups excluding carboxylic acids is 3. The van der Waals surface area contributed by atoms with Crippen LogP contribution in [0, 0.1) is 0 Å². The zero-order chi connectivity index (χ0) is 21.9. The van der Waals surface area contributed by atoms with Crippen molar-refractivity contribution in [3.8, 4) is 0 Å². The number of nitrogens with one attached hydrogen (secondary N) is 2. The Bertz CT molecular complexity index is 713. The highest BCUT2D eigenvalue weighted by Crippen LogP contribution is 2.17. The summed E-state index contributed by atoms with van der Waals surface area (Å²) in [7, 11) is 1.04. The van der Waals surface area contributed by atoms with Crippen molar-refractivity contribution in [3.63, 3.8) is 0 Å². The molecule has 2 rings (SSSR count). The number of nitrogens with zero attached hydrogens (tertiary/aromatic N) is 1. The first-order valence-electron chi connectivity index (χ1n) is 10.6. The molecule has 30 heavy (non-hydrogen) atoms. The van der Waals surface area contributed by atoms with Crippen molar-refractivity contribution in [1.82, 2.24) is 15.5 Å². The summed E-state index contributed by atoms with van der Waals surface area (Å²) in [6.45, 7) is 3.27. The van der Waals surface area contributed by atoms with Crippen LogP contribution in [-0.2, 0) is 16.1 Å². The maximum atomic E-state index is 12.5. The van der Waals surface area contributed by atoms with Crippen molar-refractivity contribution >= 4 is 25.2 Å². The molecule has 0 saturated carbocycles. The molecule has 9 heteroatoms. The second-order valence-electron chi connectivity index (χ2n) is 7.66. The molecule has 0 aliphatic carbocycles. The van der Waals surface area contributed by atoms with Gasteiger partial charge in [0.05, 0.1) is 0 Å². The van der Waals surface area contributed by atoms with Crippen LogP contribution in [0.25, 0.3) is 0 Å². The summed E-state index contributed by atoms with van der Waals surface area (Å²) >= 11 is 0. The third-order valence-electron chi connectivity index (χ3n) is 5.29. The molecule has 1 radical (unpaired) electrons. The van der Waals surface area contributed by atoms with E-state index >= 15 is 0 Å². The van der Waals surface area contributed by atoms with Crippen LogP contribution in [0.15, 0.2) is 24.3 Å². The number of likely N-dealkylation sites (tertiary alicyclic amines) is 1. The zero-order valence-corrected chi connectivity index (χ0v) is 17.6. The van der Waals surface area contributed by atoms with Crippen molar-refractivity contribution in [2.75, 3.05) is 13.1 Å². The molecule has 1 fully saturated rings. The van der Waals surface area contributed by atoms with Crippen molar-refractivity contribution in [2.24, 2.45) is 5.73 Å². The Balaban J connectivity index is 1.79. The number of hydrogen-bond acceptors (Lipinski definition) is 5. The normalized spacial score (nSPS) is 16.8. The Labute approximate surface area is 178 Å². The maximum absolute atomic E-state index is 12.5. The fourth-order valence-corrected chi connectivity index (χ4v) is 3.48. The standard InChI is InChI=1S/C21H32BN4O4/c1-15(21(29)26-13-5-6-18(26)22-30)25-20(28)17-10-8-16(9-11-17)14-24-19(27)7-3-2-4-12-23/h8-11,15,18,30H,2-7,12-14,23H2,1H3,(H,24,27)(H,25,28). The Morgan fingerprint density at radius 3 is 2.63 bits per heavy atom. The van der Waals surface area contributed by atoms with E-state index in [9.17, 15) is 19.4 Å². The fraction of sp³-hybridized carbons (Fsp3) is 0.571. The lowest BCUT2D eigenvalue weighted by Gasteiger charge is -2.26. The van der Waals surface area contributed by atoms with Crippen LogP contribution >= 0.6 is 0 Å². The highest BCUT2D eigenvalue weighted by Gasteiger charge is 2.32. The van der Waals surface area contributed by atoms with E-state index in [2.05, 4.69) is 10.6 Å². The Morgan fingerprint density at radius 2 is 1.97 bits per heavy atom. The van der Waals surface area contributed by atoms with Gasteiger partial charge in [-0.05, 0) is 56.8 Å². The summed E-state index contributed by atoms with van der Waals surface area (Å²) in [6.07, 6.45) is 4.76. The fourth-order valence-electron chi connectivity index (χ4n) is 3.48. The zero-order valence-electron chi connectivity index (χ0n) is 17.6. The van der Waals surface area contributed by atoms with E-state index in [0.717, 1.165) is 45.1 Å². The van der Waals surface area contributed by atoms with Gasteiger partial charge in [-0.25, -0.2) is 0 Å². The summed E-state index contributed by atoms with van der Waals surface area (Å²) < 4.78 is 0. The summed E-state index contributed by atoms with van der Waals surface area (Å²) in [6, 6.07) is 6.24. The van der Waals surface area contributed by atoms with Gasteiger partial charge in [-0.15, -0.1) is 0 Å². The number of unbranched alkanes of at least 4 members (excludes halogenated alkanes) is 2. The molecule has 1 aromatic carbocycles. The summed E-state index contributed by atoms with van der Waals surface area (Å²) in [5.74, 6) is -0.828. The van der Waals surface area contributed by atoms with Gasteiger partial charge >= 0.3 is 7.48 Å². The third kappa shape index (κ3) is 7.14.